The molecule has 0 radical (unpaired) electrons. The molecule has 0 atom stereocenters. The van der Waals surface area contributed by atoms with Gasteiger partial charge in [0.2, 0.25) is 0 Å². The van der Waals surface area contributed by atoms with E-state index in [9.17, 15) is 13.6 Å². The lowest BCUT2D eigenvalue weighted by atomic mass is 10.1. The molecule has 0 spiro atoms. The predicted octanol–water partition coefficient (Wildman–Crippen LogP) is 2.25. The van der Waals surface area contributed by atoms with Gasteiger partial charge in [0.15, 0.2) is 17.4 Å². The smallest absolute Gasteiger partial charge is 0.309 e. The first-order chi connectivity index (χ1) is 8.06. The molecule has 0 saturated heterocycles. The molecule has 4 nitrogen and oxygen atoms in total. The number of hydrogen-bond donors (Lipinski definition) is 1. The van der Waals surface area contributed by atoms with E-state index < -0.39 is 17.6 Å². The van der Waals surface area contributed by atoms with Crippen molar-refractivity contribution in [2.75, 3.05) is 0 Å². The molecule has 0 amide bonds. The van der Waals surface area contributed by atoms with E-state index in [0.717, 1.165) is 12.1 Å². The van der Waals surface area contributed by atoms with E-state index >= 15 is 0 Å². The minimum atomic E-state index is -1.05. The second-order valence-corrected chi connectivity index (χ2v) is 3.38. The van der Waals surface area contributed by atoms with Gasteiger partial charge >= 0.3 is 5.97 Å². The van der Waals surface area contributed by atoms with Crippen LogP contribution in [0.25, 0.3) is 11.3 Å². The summed E-state index contributed by atoms with van der Waals surface area (Å²) in [6.45, 7) is 0. The van der Waals surface area contributed by atoms with E-state index in [0.29, 0.717) is 5.56 Å². The van der Waals surface area contributed by atoms with Crippen LogP contribution in [-0.4, -0.2) is 16.2 Å². The average molecular weight is 239 g/mol. The summed E-state index contributed by atoms with van der Waals surface area (Å²) in [6.07, 6.45) is -0.285. The third-order valence-electron chi connectivity index (χ3n) is 2.10. The van der Waals surface area contributed by atoms with Crippen LogP contribution in [0.4, 0.5) is 8.78 Å². The molecule has 0 unspecified atom stereocenters. The van der Waals surface area contributed by atoms with Crippen LogP contribution in [0.1, 0.15) is 5.69 Å². The lowest BCUT2D eigenvalue weighted by Crippen LogP contribution is -1.99. The molecular formula is C11H7F2NO3. The van der Waals surface area contributed by atoms with Crippen molar-refractivity contribution in [2.45, 2.75) is 6.42 Å². The van der Waals surface area contributed by atoms with Crippen molar-refractivity contribution in [3.63, 3.8) is 0 Å². The summed E-state index contributed by atoms with van der Waals surface area (Å²) < 4.78 is 30.5. The largest absolute Gasteiger partial charge is 0.481 e. The summed E-state index contributed by atoms with van der Waals surface area (Å²) in [6, 6.07) is 4.62. The van der Waals surface area contributed by atoms with Crippen LogP contribution >= 0.6 is 0 Å². The lowest BCUT2D eigenvalue weighted by molar-refractivity contribution is -0.136. The number of carbonyl (C=O) groups is 1. The Morgan fingerprint density at radius 3 is 2.71 bits per heavy atom. The standard InChI is InChI=1S/C11H7F2NO3/c12-8-2-1-6(3-9(8)13)10-4-7(14-17-10)5-11(15)16/h1-4H,5H2,(H,15,16). The summed E-state index contributed by atoms with van der Waals surface area (Å²) in [5, 5.41) is 12.0. The van der Waals surface area contributed by atoms with Crippen molar-refractivity contribution in [1.29, 1.82) is 0 Å². The number of halogens is 2. The Labute approximate surface area is 94.5 Å². The van der Waals surface area contributed by atoms with Gasteiger partial charge in [0.05, 0.1) is 12.1 Å². The Hall–Kier alpha value is -2.24. The number of nitrogens with zero attached hydrogens (tertiary/aromatic N) is 1. The third kappa shape index (κ3) is 2.47. The third-order valence-corrected chi connectivity index (χ3v) is 2.10. The van der Waals surface area contributed by atoms with Crippen LogP contribution in [0.15, 0.2) is 28.8 Å². The summed E-state index contributed by atoms with van der Waals surface area (Å²) >= 11 is 0. The molecule has 1 aromatic carbocycles. The molecule has 1 N–H and O–H groups in total. The van der Waals surface area contributed by atoms with Crippen molar-refractivity contribution in [3.8, 4) is 11.3 Å². The quantitative estimate of drug-likeness (QED) is 0.892. The molecule has 0 fully saturated rings. The van der Waals surface area contributed by atoms with E-state index in [2.05, 4.69) is 5.16 Å². The minimum absolute atomic E-state index is 0.195. The van der Waals surface area contributed by atoms with Gasteiger partial charge in [-0.2, -0.15) is 0 Å². The van der Waals surface area contributed by atoms with Gasteiger partial charge in [0, 0.05) is 11.6 Å². The molecule has 6 heteroatoms. The number of aliphatic carboxylic acids is 1. The zero-order chi connectivity index (χ0) is 12.4. The molecule has 0 bridgehead atoms. The monoisotopic (exact) mass is 239 g/mol. The second kappa shape index (κ2) is 4.32. The molecule has 0 aliphatic rings. The van der Waals surface area contributed by atoms with Crippen LogP contribution < -0.4 is 0 Å². The first-order valence-electron chi connectivity index (χ1n) is 4.69. The number of rotatable bonds is 3. The summed E-state index contributed by atoms with van der Waals surface area (Å²) in [7, 11) is 0. The highest BCUT2D eigenvalue weighted by Gasteiger charge is 2.11. The number of aromatic nitrogens is 1. The van der Waals surface area contributed by atoms with Gasteiger partial charge in [-0.25, -0.2) is 8.78 Å². The lowest BCUT2D eigenvalue weighted by Gasteiger charge is -1.96. The summed E-state index contributed by atoms with van der Waals surface area (Å²) in [5.41, 5.74) is 0.519. The number of hydrogen-bond acceptors (Lipinski definition) is 3. The van der Waals surface area contributed by atoms with E-state index in [1.165, 1.54) is 12.1 Å². The van der Waals surface area contributed by atoms with Gasteiger partial charge in [0.1, 0.15) is 0 Å². The van der Waals surface area contributed by atoms with Gasteiger partial charge in [-0.1, -0.05) is 5.16 Å². The maximum absolute atomic E-state index is 13.0. The highest BCUT2D eigenvalue weighted by Crippen LogP contribution is 2.22. The summed E-state index contributed by atoms with van der Waals surface area (Å²) in [5.74, 6) is -2.81. The Balaban J connectivity index is 2.30. The predicted molar refractivity (Wildman–Crippen MR) is 53.2 cm³/mol. The maximum Gasteiger partial charge on any atom is 0.309 e. The van der Waals surface area contributed by atoms with Gasteiger partial charge in [-0.3, -0.25) is 4.79 Å². The normalized spacial score (nSPS) is 10.5. The highest BCUT2D eigenvalue weighted by molar-refractivity contribution is 5.70. The fourth-order valence-electron chi connectivity index (χ4n) is 1.34. The van der Waals surface area contributed by atoms with E-state index in [1.54, 1.807) is 0 Å². The zero-order valence-electron chi connectivity index (χ0n) is 8.48. The molecule has 1 heterocycles. The molecular weight excluding hydrogens is 232 g/mol. The second-order valence-electron chi connectivity index (χ2n) is 3.38. The van der Waals surface area contributed by atoms with Crippen molar-refractivity contribution in [1.82, 2.24) is 5.16 Å². The molecule has 17 heavy (non-hydrogen) atoms. The molecule has 2 aromatic rings. The maximum atomic E-state index is 13.0. The minimum Gasteiger partial charge on any atom is -0.481 e. The molecule has 2 rings (SSSR count). The van der Waals surface area contributed by atoms with Gasteiger partial charge in [0.25, 0.3) is 0 Å². The number of carboxylic acid groups (broad SMARTS) is 1. The first-order valence-corrected chi connectivity index (χ1v) is 4.69. The Bertz CT molecular complexity index is 566. The fourth-order valence-corrected chi connectivity index (χ4v) is 1.34. The molecule has 0 aliphatic carbocycles. The van der Waals surface area contributed by atoms with Crippen molar-refractivity contribution < 1.29 is 23.2 Å². The molecule has 0 saturated carbocycles. The Morgan fingerprint density at radius 2 is 2.06 bits per heavy atom. The molecule has 1 aromatic heterocycles. The van der Waals surface area contributed by atoms with Crippen LogP contribution in [0.3, 0.4) is 0 Å². The Morgan fingerprint density at radius 1 is 1.29 bits per heavy atom. The van der Waals surface area contributed by atoms with E-state index in [4.69, 9.17) is 9.63 Å². The van der Waals surface area contributed by atoms with Gasteiger partial charge in [-0.15, -0.1) is 0 Å². The van der Waals surface area contributed by atoms with Crippen LogP contribution in [0.2, 0.25) is 0 Å². The van der Waals surface area contributed by atoms with Gasteiger partial charge < -0.3 is 9.63 Å². The van der Waals surface area contributed by atoms with E-state index in [1.807, 2.05) is 0 Å². The van der Waals surface area contributed by atoms with Gasteiger partial charge in [-0.05, 0) is 18.2 Å². The fraction of sp³-hybridized carbons (Fsp3) is 0.0909. The van der Waals surface area contributed by atoms with Crippen LogP contribution in [-0.2, 0) is 11.2 Å². The average Bonchev–Trinajstić information content (AvgIpc) is 2.69. The van der Waals surface area contributed by atoms with Crippen molar-refractivity contribution >= 4 is 5.97 Å². The topological polar surface area (TPSA) is 63.3 Å². The van der Waals surface area contributed by atoms with E-state index in [-0.39, 0.29) is 17.9 Å². The SMILES string of the molecule is O=C(O)Cc1cc(-c2ccc(F)c(F)c2)on1. The van der Waals surface area contributed by atoms with Crippen LogP contribution in [0.5, 0.6) is 0 Å². The molecule has 0 aliphatic heterocycles. The summed E-state index contributed by atoms with van der Waals surface area (Å²) in [4.78, 5) is 10.4. The van der Waals surface area contributed by atoms with Crippen LogP contribution in [0, 0.1) is 11.6 Å². The number of benzene rings is 1. The molecule has 88 valence electrons. The highest BCUT2D eigenvalue weighted by atomic mass is 19.2. The number of carboxylic acids is 1. The van der Waals surface area contributed by atoms with Crippen molar-refractivity contribution in [2.24, 2.45) is 0 Å². The first kappa shape index (κ1) is 11.3. The van der Waals surface area contributed by atoms with Crippen molar-refractivity contribution in [3.05, 3.63) is 41.6 Å². The zero-order valence-corrected chi connectivity index (χ0v) is 8.48. The Kier molecular flexibility index (Phi) is 2.86.